The lowest BCUT2D eigenvalue weighted by Crippen LogP contribution is -2.15. The Hall–Kier alpha value is -2.36. The Morgan fingerprint density at radius 3 is 2.29 bits per heavy atom. The van der Waals surface area contributed by atoms with Gasteiger partial charge in [-0.15, -0.1) is 0 Å². The molecule has 0 fully saturated rings. The van der Waals surface area contributed by atoms with Crippen molar-refractivity contribution in [1.29, 1.82) is 0 Å². The topological polar surface area (TPSA) is 55.1 Å². The fraction of sp³-hybridized carbons (Fsp3) is 0.235. The van der Waals surface area contributed by atoms with Gasteiger partial charge in [0.1, 0.15) is 5.82 Å². The van der Waals surface area contributed by atoms with Crippen LogP contribution in [0.4, 0.5) is 15.8 Å². The van der Waals surface area contributed by atoms with E-state index in [1.807, 2.05) is 12.1 Å². The van der Waals surface area contributed by atoms with Gasteiger partial charge >= 0.3 is 0 Å². The molecule has 3 N–H and O–H groups in total. The van der Waals surface area contributed by atoms with E-state index in [2.05, 4.69) is 26.1 Å². The summed E-state index contributed by atoms with van der Waals surface area (Å²) < 4.78 is 13.6. The van der Waals surface area contributed by atoms with Crippen molar-refractivity contribution in [3.05, 3.63) is 59.4 Å². The number of anilines is 2. The summed E-state index contributed by atoms with van der Waals surface area (Å²) in [7, 11) is 0. The summed E-state index contributed by atoms with van der Waals surface area (Å²) in [6.45, 7) is 6.30. The zero-order chi connectivity index (χ0) is 15.6. The Morgan fingerprint density at radius 1 is 1.10 bits per heavy atom. The molecule has 0 saturated heterocycles. The Kier molecular flexibility index (Phi) is 3.98. The highest BCUT2D eigenvalue weighted by Gasteiger charge is 2.15. The molecular weight excluding hydrogens is 267 g/mol. The summed E-state index contributed by atoms with van der Waals surface area (Å²) in [6, 6.07) is 11.4. The Balaban J connectivity index is 2.19. The van der Waals surface area contributed by atoms with Gasteiger partial charge in [0.15, 0.2) is 0 Å². The number of hydrogen-bond acceptors (Lipinski definition) is 2. The lowest BCUT2D eigenvalue weighted by atomic mass is 9.87. The lowest BCUT2D eigenvalue weighted by Gasteiger charge is -2.19. The predicted molar refractivity (Wildman–Crippen MR) is 83.9 cm³/mol. The van der Waals surface area contributed by atoms with Crippen molar-refractivity contribution in [1.82, 2.24) is 0 Å². The molecule has 2 aromatic rings. The number of halogens is 1. The Morgan fingerprint density at radius 2 is 1.71 bits per heavy atom. The monoisotopic (exact) mass is 286 g/mol. The summed E-state index contributed by atoms with van der Waals surface area (Å²) in [4.78, 5) is 12.1. The van der Waals surface area contributed by atoms with Crippen molar-refractivity contribution >= 4 is 17.3 Å². The number of rotatable bonds is 2. The number of benzene rings is 2. The zero-order valence-corrected chi connectivity index (χ0v) is 12.4. The zero-order valence-electron chi connectivity index (χ0n) is 12.4. The van der Waals surface area contributed by atoms with Gasteiger partial charge in [0.05, 0.1) is 5.69 Å². The summed E-state index contributed by atoms with van der Waals surface area (Å²) in [5, 5.41) is 2.53. The minimum absolute atomic E-state index is 0.0228. The normalized spacial score (nSPS) is 11.2. The molecule has 2 aromatic carbocycles. The number of carbonyl (C=O) groups excluding carboxylic acids is 1. The molecule has 21 heavy (non-hydrogen) atoms. The molecule has 0 atom stereocenters. The molecule has 4 heteroatoms. The van der Waals surface area contributed by atoms with Crippen LogP contribution in [0.3, 0.4) is 0 Å². The maximum Gasteiger partial charge on any atom is 0.255 e. The molecule has 3 nitrogen and oxygen atoms in total. The molecule has 0 aliphatic rings. The molecule has 0 radical (unpaired) electrons. The second-order valence-electron chi connectivity index (χ2n) is 6.02. The molecule has 0 aliphatic heterocycles. The van der Waals surface area contributed by atoms with E-state index in [1.54, 1.807) is 12.1 Å². The van der Waals surface area contributed by atoms with E-state index in [1.165, 1.54) is 18.2 Å². The van der Waals surface area contributed by atoms with Gasteiger partial charge in [-0.25, -0.2) is 4.39 Å². The van der Waals surface area contributed by atoms with Crippen molar-refractivity contribution in [2.24, 2.45) is 0 Å². The average Bonchev–Trinajstić information content (AvgIpc) is 2.42. The van der Waals surface area contributed by atoms with Crippen LogP contribution in [-0.4, -0.2) is 5.91 Å². The van der Waals surface area contributed by atoms with Gasteiger partial charge < -0.3 is 11.1 Å². The summed E-state index contributed by atoms with van der Waals surface area (Å²) >= 11 is 0. The average molecular weight is 286 g/mol. The standard InChI is InChI=1S/C17H19FN2O/c1-17(2,3)12-6-4-11(5-7-12)16(21)20-15-10-13(19)8-9-14(15)18/h4-10H,19H2,1-3H3,(H,20,21). The smallest absolute Gasteiger partial charge is 0.255 e. The lowest BCUT2D eigenvalue weighted by molar-refractivity contribution is 0.102. The van der Waals surface area contributed by atoms with Crippen LogP contribution in [0.2, 0.25) is 0 Å². The minimum atomic E-state index is -0.510. The molecule has 0 saturated carbocycles. The van der Waals surface area contributed by atoms with Crippen molar-refractivity contribution in [3.63, 3.8) is 0 Å². The van der Waals surface area contributed by atoms with Crippen LogP contribution in [0.25, 0.3) is 0 Å². The Labute approximate surface area is 124 Å². The number of nitrogens with two attached hydrogens (primary N) is 1. The van der Waals surface area contributed by atoms with Gasteiger partial charge in [0.25, 0.3) is 5.91 Å². The number of nitrogens with one attached hydrogen (secondary N) is 1. The van der Waals surface area contributed by atoms with Gasteiger partial charge in [-0.1, -0.05) is 32.9 Å². The van der Waals surface area contributed by atoms with E-state index in [0.29, 0.717) is 11.3 Å². The Bertz CT molecular complexity index is 657. The second kappa shape index (κ2) is 5.56. The van der Waals surface area contributed by atoms with Gasteiger partial charge in [0.2, 0.25) is 0 Å². The number of nitrogen functional groups attached to an aromatic ring is 1. The predicted octanol–water partition coefficient (Wildman–Crippen LogP) is 3.96. The van der Waals surface area contributed by atoms with E-state index in [4.69, 9.17) is 5.73 Å². The molecular formula is C17H19FN2O. The van der Waals surface area contributed by atoms with Crippen LogP contribution >= 0.6 is 0 Å². The molecule has 2 rings (SSSR count). The minimum Gasteiger partial charge on any atom is -0.399 e. The van der Waals surface area contributed by atoms with Gasteiger partial charge in [-0.2, -0.15) is 0 Å². The molecule has 0 spiro atoms. The van der Waals surface area contributed by atoms with Crippen LogP contribution in [0.5, 0.6) is 0 Å². The fourth-order valence-electron chi connectivity index (χ4n) is 1.95. The number of amides is 1. The van der Waals surface area contributed by atoms with E-state index in [-0.39, 0.29) is 17.0 Å². The van der Waals surface area contributed by atoms with Crippen molar-refractivity contribution in [2.75, 3.05) is 11.1 Å². The molecule has 1 amide bonds. The molecule has 0 unspecified atom stereocenters. The van der Waals surface area contributed by atoms with Crippen LogP contribution in [0.1, 0.15) is 36.7 Å². The molecule has 0 heterocycles. The van der Waals surface area contributed by atoms with E-state index >= 15 is 0 Å². The van der Waals surface area contributed by atoms with Crippen molar-refractivity contribution in [3.8, 4) is 0 Å². The molecule has 0 bridgehead atoms. The fourth-order valence-corrected chi connectivity index (χ4v) is 1.95. The van der Waals surface area contributed by atoms with Crippen LogP contribution in [0.15, 0.2) is 42.5 Å². The first-order valence-electron chi connectivity index (χ1n) is 6.74. The molecule has 110 valence electrons. The largest absolute Gasteiger partial charge is 0.399 e. The van der Waals surface area contributed by atoms with E-state index in [9.17, 15) is 9.18 Å². The third-order valence-corrected chi connectivity index (χ3v) is 3.25. The second-order valence-corrected chi connectivity index (χ2v) is 6.02. The van der Waals surface area contributed by atoms with Crippen LogP contribution < -0.4 is 11.1 Å². The summed E-state index contributed by atoms with van der Waals surface area (Å²) in [6.07, 6.45) is 0. The third kappa shape index (κ3) is 3.60. The maximum absolute atomic E-state index is 13.6. The summed E-state index contributed by atoms with van der Waals surface area (Å²) in [5.74, 6) is -0.871. The number of hydrogen-bond donors (Lipinski definition) is 2. The van der Waals surface area contributed by atoms with Gasteiger partial charge in [-0.3, -0.25) is 4.79 Å². The van der Waals surface area contributed by atoms with E-state index < -0.39 is 5.82 Å². The highest BCUT2D eigenvalue weighted by molar-refractivity contribution is 6.04. The first kappa shape index (κ1) is 15.0. The highest BCUT2D eigenvalue weighted by atomic mass is 19.1. The maximum atomic E-state index is 13.6. The van der Waals surface area contributed by atoms with Crippen LogP contribution in [0, 0.1) is 5.82 Å². The van der Waals surface area contributed by atoms with Gasteiger partial charge in [0, 0.05) is 11.3 Å². The van der Waals surface area contributed by atoms with Crippen LogP contribution in [-0.2, 0) is 5.41 Å². The van der Waals surface area contributed by atoms with Crippen molar-refractivity contribution in [2.45, 2.75) is 26.2 Å². The SMILES string of the molecule is CC(C)(C)c1ccc(C(=O)Nc2cc(N)ccc2F)cc1. The highest BCUT2D eigenvalue weighted by Crippen LogP contribution is 2.23. The van der Waals surface area contributed by atoms with Gasteiger partial charge in [-0.05, 0) is 41.3 Å². The molecule has 0 aromatic heterocycles. The molecule has 0 aliphatic carbocycles. The summed E-state index contributed by atoms with van der Waals surface area (Å²) in [5.41, 5.74) is 7.71. The number of carbonyl (C=O) groups is 1. The first-order valence-corrected chi connectivity index (χ1v) is 6.74. The quantitative estimate of drug-likeness (QED) is 0.821. The first-order chi connectivity index (χ1) is 9.77. The van der Waals surface area contributed by atoms with Crippen molar-refractivity contribution < 1.29 is 9.18 Å². The van der Waals surface area contributed by atoms with E-state index in [0.717, 1.165) is 5.56 Å². The third-order valence-electron chi connectivity index (χ3n) is 3.25.